The molecule has 0 amide bonds. The fourth-order valence-corrected chi connectivity index (χ4v) is 10.3. The van der Waals surface area contributed by atoms with Gasteiger partial charge in [-0.2, -0.15) is 4.31 Å². The van der Waals surface area contributed by atoms with E-state index in [2.05, 4.69) is 59.4 Å². The first-order valence-corrected chi connectivity index (χ1v) is 16.9. The molecule has 37 heavy (non-hydrogen) atoms. The van der Waals surface area contributed by atoms with Gasteiger partial charge < -0.3 is 9.64 Å². The van der Waals surface area contributed by atoms with Gasteiger partial charge in [-0.05, 0) is 108 Å². The van der Waals surface area contributed by atoms with Crippen LogP contribution in [0.4, 0.5) is 0 Å². The Hall–Kier alpha value is -0.970. The Morgan fingerprint density at radius 3 is 2.24 bits per heavy atom. The van der Waals surface area contributed by atoms with Gasteiger partial charge in [0.2, 0.25) is 10.0 Å². The standard InChI is InChI=1S/C28H48N4O3S2/c1-6-36(28-23(2)21-27(35-5)22-24(28)3)32-13-7-9-26(32)10-8-20-37(33,34)31-18-16-30(17-19-31)25-11-14-29(4)15-12-25/h6,21-22,25-26H,7-20H2,1-5H3/t26-,36?/m1/s1. The summed E-state index contributed by atoms with van der Waals surface area (Å²) in [6, 6.07) is 5.33. The average molecular weight is 553 g/mol. The predicted molar refractivity (Wildman–Crippen MR) is 156 cm³/mol. The van der Waals surface area contributed by atoms with E-state index in [1.165, 1.54) is 35.3 Å². The van der Waals surface area contributed by atoms with E-state index in [0.29, 0.717) is 25.2 Å². The molecule has 0 aliphatic carbocycles. The number of benzene rings is 1. The second-order valence-electron chi connectivity index (χ2n) is 11.0. The third kappa shape index (κ3) is 6.97. The molecule has 0 N–H and O–H groups in total. The van der Waals surface area contributed by atoms with Crippen LogP contribution in [0, 0.1) is 13.8 Å². The molecule has 3 fully saturated rings. The first kappa shape index (κ1) is 29.0. The third-order valence-corrected chi connectivity index (χ3v) is 12.9. The Labute approximate surface area is 228 Å². The van der Waals surface area contributed by atoms with Crippen LogP contribution < -0.4 is 4.74 Å². The summed E-state index contributed by atoms with van der Waals surface area (Å²) in [6.07, 6.45) is 6.42. The molecule has 4 rings (SSSR count). The van der Waals surface area contributed by atoms with E-state index in [1.807, 2.05) is 0 Å². The number of rotatable bonds is 9. The van der Waals surface area contributed by atoms with Crippen molar-refractivity contribution in [2.45, 2.75) is 76.3 Å². The predicted octanol–water partition coefficient (Wildman–Crippen LogP) is 3.96. The maximum Gasteiger partial charge on any atom is 0.214 e. The Bertz CT molecular complexity index is 1020. The van der Waals surface area contributed by atoms with Gasteiger partial charge in [0.25, 0.3) is 0 Å². The zero-order chi connectivity index (χ0) is 26.6. The topological polar surface area (TPSA) is 56.3 Å². The quantitative estimate of drug-likeness (QED) is 0.433. The molecule has 1 aromatic carbocycles. The summed E-state index contributed by atoms with van der Waals surface area (Å²) in [4.78, 5) is 6.31. The Kier molecular flexibility index (Phi) is 10.1. The number of hydrogen-bond acceptors (Lipinski definition) is 6. The van der Waals surface area contributed by atoms with Crippen molar-refractivity contribution in [3.63, 3.8) is 0 Å². The number of likely N-dealkylation sites (tertiary alicyclic amines) is 1. The fraction of sp³-hybridized carbons (Fsp3) is 0.750. The van der Waals surface area contributed by atoms with Crippen molar-refractivity contribution < 1.29 is 13.2 Å². The van der Waals surface area contributed by atoms with Gasteiger partial charge in [-0.3, -0.25) is 4.90 Å². The lowest BCUT2D eigenvalue weighted by atomic mass is 10.0. The van der Waals surface area contributed by atoms with Gasteiger partial charge in [0.1, 0.15) is 5.75 Å². The van der Waals surface area contributed by atoms with Crippen molar-refractivity contribution in [2.24, 2.45) is 0 Å². The van der Waals surface area contributed by atoms with E-state index < -0.39 is 10.0 Å². The largest absolute Gasteiger partial charge is 0.497 e. The molecule has 0 bridgehead atoms. The molecular weight excluding hydrogens is 504 g/mol. The maximum absolute atomic E-state index is 13.2. The maximum atomic E-state index is 13.2. The van der Waals surface area contributed by atoms with Crippen molar-refractivity contribution in [3.05, 3.63) is 23.3 Å². The summed E-state index contributed by atoms with van der Waals surface area (Å²) in [7, 11) is 0.629. The fourth-order valence-electron chi connectivity index (χ4n) is 6.42. The second-order valence-corrected chi connectivity index (χ2v) is 15.1. The van der Waals surface area contributed by atoms with Crippen molar-refractivity contribution in [1.82, 2.24) is 18.4 Å². The minimum absolute atomic E-state index is 0.0872. The lowest BCUT2D eigenvalue weighted by Gasteiger charge is -2.41. The highest BCUT2D eigenvalue weighted by atomic mass is 32.2. The molecule has 0 radical (unpaired) electrons. The van der Waals surface area contributed by atoms with Gasteiger partial charge in [-0.25, -0.2) is 12.7 Å². The highest BCUT2D eigenvalue weighted by Gasteiger charge is 2.32. The lowest BCUT2D eigenvalue weighted by molar-refractivity contribution is 0.0892. The summed E-state index contributed by atoms with van der Waals surface area (Å²) in [5.41, 5.74) is 2.54. The zero-order valence-electron chi connectivity index (χ0n) is 23.6. The monoisotopic (exact) mass is 552 g/mol. The Morgan fingerprint density at radius 1 is 1.00 bits per heavy atom. The van der Waals surface area contributed by atoms with Crippen molar-refractivity contribution in [3.8, 4) is 5.75 Å². The number of ether oxygens (including phenoxy) is 1. The van der Waals surface area contributed by atoms with Crippen LogP contribution >= 0.6 is 10.7 Å². The summed E-state index contributed by atoms with van der Waals surface area (Å²) >= 11 is 0. The van der Waals surface area contributed by atoms with Crippen LogP contribution in [-0.2, 0) is 10.0 Å². The number of sulfonamides is 1. The molecule has 210 valence electrons. The highest BCUT2D eigenvalue weighted by molar-refractivity contribution is 8.13. The number of methoxy groups -OCH3 is 1. The molecule has 0 saturated carbocycles. The van der Waals surface area contributed by atoms with Crippen molar-refractivity contribution in [1.29, 1.82) is 0 Å². The van der Waals surface area contributed by atoms with E-state index in [1.54, 1.807) is 11.4 Å². The minimum atomic E-state index is -3.19. The molecule has 2 atom stereocenters. The minimum Gasteiger partial charge on any atom is -0.497 e. The van der Waals surface area contributed by atoms with E-state index in [0.717, 1.165) is 57.7 Å². The third-order valence-electron chi connectivity index (χ3n) is 8.49. The van der Waals surface area contributed by atoms with E-state index in [4.69, 9.17) is 4.74 Å². The molecule has 3 aliphatic rings. The van der Waals surface area contributed by atoms with Gasteiger partial charge in [0.05, 0.1) is 12.9 Å². The molecule has 7 nitrogen and oxygen atoms in total. The van der Waals surface area contributed by atoms with E-state index in [-0.39, 0.29) is 16.4 Å². The Morgan fingerprint density at radius 2 is 1.65 bits per heavy atom. The molecule has 1 aromatic rings. The average Bonchev–Trinajstić information content (AvgIpc) is 3.34. The number of nitrogens with zero attached hydrogens (tertiary/aromatic N) is 4. The highest BCUT2D eigenvalue weighted by Crippen LogP contribution is 2.42. The Balaban J connectivity index is 1.30. The van der Waals surface area contributed by atoms with Gasteiger partial charge in [-0.15, -0.1) is 0 Å². The molecule has 3 aliphatic heterocycles. The van der Waals surface area contributed by atoms with Crippen LogP contribution in [0.3, 0.4) is 0 Å². The van der Waals surface area contributed by atoms with Crippen molar-refractivity contribution in [2.75, 3.05) is 65.7 Å². The number of aryl methyl sites for hydroxylation is 2. The summed E-state index contributed by atoms with van der Waals surface area (Å²) in [6.45, 7) is 12.9. The number of piperazine rings is 1. The van der Waals surface area contributed by atoms with Crippen LogP contribution in [0.5, 0.6) is 5.75 Å². The van der Waals surface area contributed by atoms with E-state index in [9.17, 15) is 8.42 Å². The first-order chi connectivity index (χ1) is 17.7. The molecule has 1 unspecified atom stereocenters. The van der Waals surface area contributed by atoms with Crippen LogP contribution in [0.2, 0.25) is 0 Å². The molecule has 0 aromatic heterocycles. The van der Waals surface area contributed by atoms with Crippen LogP contribution in [0.25, 0.3) is 0 Å². The summed E-state index contributed by atoms with van der Waals surface area (Å²) < 4.78 is 36.3. The number of hydrogen-bond donors (Lipinski definition) is 0. The van der Waals surface area contributed by atoms with E-state index >= 15 is 0 Å². The van der Waals surface area contributed by atoms with Crippen LogP contribution in [0.1, 0.15) is 56.6 Å². The summed E-state index contributed by atoms with van der Waals surface area (Å²) in [5, 5.41) is 2.33. The molecule has 9 heteroatoms. The van der Waals surface area contributed by atoms with Gasteiger partial charge in [0.15, 0.2) is 0 Å². The normalized spacial score (nSPS) is 24.6. The molecule has 3 saturated heterocycles. The SMILES string of the molecule is C/C=S(/c1c(C)cc(OC)cc1C)N1CCC[C@@H]1CCCS(=O)(=O)N1CCN(C2CCN(C)CC2)CC1. The van der Waals surface area contributed by atoms with Gasteiger partial charge in [0, 0.05) is 49.7 Å². The second kappa shape index (κ2) is 12.9. The molecular formula is C28H48N4O3S2. The zero-order valence-corrected chi connectivity index (χ0v) is 25.2. The van der Waals surface area contributed by atoms with Gasteiger partial charge in [-0.1, -0.05) is 10.7 Å². The van der Waals surface area contributed by atoms with Crippen LogP contribution in [0.15, 0.2) is 17.0 Å². The lowest BCUT2D eigenvalue weighted by Crippen LogP contribution is -2.54. The number of piperidine rings is 1. The first-order valence-electron chi connectivity index (χ1n) is 14.1. The smallest absolute Gasteiger partial charge is 0.214 e. The van der Waals surface area contributed by atoms with Crippen LogP contribution in [-0.4, -0.2) is 110 Å². The summed E-state index contributed by atoms with van der Waals surface area (Å²) in [5.74, 6) is 1.18. The van der Waals surface area contributed by atoms with Crippen molar-refractivity contribution >= 4 is 26.1 Å². The van der Waals surface area contributed by atoms with Gasteiger partial charge >= 0.3 is 0 Å². The molecule has 0 spiro atoms. The molecule has 3 heterocycles.